The van der Waals surface area contributed by atoms with Crippen LogP contribution in [-0.4, -0.2) is 54.8 Å². The van der Waals surface area contributed by atoms with Crippen LogP contribution in [0.4, 0.5) is 5.69 Å². The molecule has 2 aliphatic heterocycles. The second kappa shape index (κ2) is 8.68. The maximum absolute atomic E-state index is 12.1. The van der Waals surface area contributed by atoms with Crippen molar-refractivity contribution in [1.29, 1.82) is 0 Å². The van der Waals surface area contributed by atoms with Gasteiger partial charge in [-0.25, -0.2) is 0 Å². The number of likely N-dealkylation sites (tertiary alicyclic amines) is 1. The lowest BCUT2D eigenvalue weighted by atomic mass is 10.1. The Kier molecular flexibility index (Phi) is 6.32. The van der Waals surface area contributed by atoms with Crippen molar-refractivity contribution in [3.05, 3.63) is 24.3 Å². The number of aliphatic hydroxyl groups excluding tert-OH is 1. The van der Waals surface area contributed by atoms with Crippen molar-refractivity contribution in [2.24, 2.45) is 5.92 Å². The van der Waals surface area contributed by atoms with Crippen LogP contribution in [0.2, 0.25) is 0 Å². The Balaban J connectivity index is 1.43. The minimum atomic E-state index is 0.145. The summed E-state index contributed by atoms with van der Waals surface area (Å²) >= 11 is 0. The standard InChI is InChI=1S/C20H30N2O3/c1-16-4-2-10-21(16)11-3-13-25-19-7-5-18(6-8-19)22-15-17(9-12-23)14-20(22)24/h5-8,16-17,23H,2-4,9-15H2,1H3. The molecule has 2 unspecified atom stereocenters. The molecule has 0 aliphatic carbocycles. The highest BCUT2D eigenvalue weighted by atomic mass is 16.5. The van der Waals surface area contributed by atoms with E-state index in [0.29, 0.717) is 25.4 Å². The Morgan fingerprint density at radius 1 is 1.28 bits per heavy atom. The molecule has 5 nitrogen and oxygen atoms in total. The lowest BCUT2D eigenvalue weighted by molar-refractivity contribution is -0.117. The fraction of sp³-hybridized carbons (Fsp3) is 0.650. The highest BCUT2D eigenvalue weighted by Crippen LogP contribution is 2.28. The largest absolute Gasteiger partial charge is 0.494 e. The molecule has 2 heterocycles. The zero-order chi connectivity index (χ0) is 17.6. The number of aliphatic hydroxyl groups is 1. The van der Waals surface area contributed by atoms with Gasteiger partial charge in [0.15, 0.2) is 0 Å². The van der Waals surface area contributed by atoms with Gasteiger partial charge >= 0.3 is 0 Å². The molecule has 0 bridgehead atoms. The van der Waals surface area contributed by atoms with Crippen LogP contribution in [0.25, 0.3) is 0 Å². The maximum atomic E-state index is 12.1. The molecular formula is C20H30N2O3. The first-order valence-corrected chi connectivity index (χ1v) is 9.55. The van der Waals surface area contributed by atoms with Gasteiger partial charge in [0.1, 0.15) is 5.75 Å². The Hall–Kier alpha value is -1.59. The molecule has 0 aromatic heterocycles. The molecule has 1 aromatic rings. The Morgan fingerprint density at radius 2 is 2.08 bits per heavy atom. The first-order chi connectivity index (χ1) is 12.2. The van der Waals surface area contributed by atoms with Crippen LogP contribution < -0.4 is 9.64 Å². The summed E-state index contributed by atoms with van der Waals surface area (Å²) in [6.07, 6.45) is 4.90. The van der Waals surface area contributed by atoms with E-state index in [1.807, 2.05) is 29.2 Å². The van der Waals surface area contributed by atoms with Crippen LogP contribution in [0.3, 0.4) is 0 Å². The highest BCUT2D eigenvalue weighted by Gasteiger charge is 2.30. The van der Waals surface area contributed by atoms with E-state index in [9.17, 15) is 4.79 Å². The van der Waals surface area contributed by atoms with E-state index in [1.165, 1.54) is 19.4 Å². The Morgan fingerprint density at radius 3 is 2.76 bits per heavy atom. The van der Waals surface area contributed by atoms with Crippen LogP contribution >= 0.6 is 0 Å². The lowest BCUT2D eigenvalue weighted by Gasteiger charge is -2.20. The molecular weight excluding hydrogens is 316 g/mol. The van der Waals surface area contributed by atoms with Crippen LogP contribution in [0, 0.1) is 5.92 Å². The third-order valence-corrected chi connectivity index (χ3v) is 5.44. The molecule has 2 saturated heterocycles. The molecule has 2 aliphatic rings. The van der Waals surface area contributed by atoms with Crippen molar-refractivity contribution in [3.63, 3.8) is 0 Å². The lowest BCUT2D eigenvalue weighted by Crippen LogP contribution is -2.28. The summed E-state index contributed by atoms with van der Waals surface area (Å²) in [6.45, 7) is 6.20. The third-order valence-electron chi connectivity index (χ3n) is 5.44. The number of nitrogens with zero attached hydrogens (tertiary/aromatic N) is 2. The van der Waals surface area contributed by atoms with Crippen LogP contribution in [-0.2, 0) is 4.79 Å². The van der Waals surface area contributed by atoms with Gasteiger partial charge in [-0.2, -0.15) is 0 Å². The number of carbonyl (C=O) groups is 1. The Labute approximate surface area is 150 Å². The van der Waals surface area contributed by atoms with E-state index in [1.54, 1.807) is 0 Å². The van der Waals surface area contributed by atoms with Crippen LogP contribution in [0.1, 0.15) is 39.0 Å². The quantitative estimate of drug-likeness (QED) is 0.735. The van der Waals surface area contributed by atoms with Crippen molar-refractivity contribution >= 4 is 11.6 Å². The normalized spacial score (nSPS) is 24.2. The van der Waals surface area contributed by atoms with Gasteiger partial charge < -0.3 is 19.6 Å². The van der Waals surface area contributed by atoms with Crippen LogP contribution in [0.15, 0.2) is 24.3 Å². The van der Waals surface area contributed by atoms with Crippen molar-refractivity contribution in [1.82, 2.24) is 4.90 Å². The molecule has 0 radical (unpaired) electrons. The van der Waals surface area contributed by atoms with Gasteiger partial charge in [-0.05, 0) is 69.3 Å². The molecule has 138 valence electrons. The monoisotopic (exact) mass is 346 g/mol. The van der Waals surface area contributed by atoms with Crippen molar-refractivity contribution in [2.45, 2.75) is 45.1 Å². The first kappa shape index (κ1) is 18.2. The van der Waals surface area contributed by atoms with E-state index in [-0.39, 0.29) is 18.4 Å². The van der Waals surface area contributed by atoms with Crippen molar-refractivity contribution in [3.8, 4) is 5.75 Å². The summed E-state index contributed by atoms with van der Waals surface area (Å²) in [5, 5.41) is 9.04. The molecule has 0 saturated carbocycles. The zero-order valence-electron chi connectivity index (χ0n) is 15.2. The molecule has 25 heavy (non-hydrogen) atoms. The van der Waals surface area contributed by atoms with Crippen molar-refractivity contribution in [2.75, 3.05) is 37.7 Å². The molecule has 3 rings (SSSR count). The van der Waals surface area contributed by atoms with E-state index >= 15 is 0 Å². The molecule has 5 heteroatoms. The number of benzene rings is 1. The smallest absolute Gasteiger partial charge is 0.227 e. The van der Waals surface area contributed by atoms with Gasteiger partial charge in [0.25, 0.3) is 0 Å². The van der Waals surface area contributed by atoms with Gasteiger partial charge in [-0.15, -0.1) is 0 Å². The average Bonchev–Trinajstić information content (AvgIpc) is 3.18. The number of amides is 1. The number of rotatable bonds is 8. The topological polar surface area (TPSA) is 53.0 Å². The highest BCUT2D eigenvalue weighted by molar-refractivity contribution is 5.95. The average molecular weight is 346 g/mol. The predicted molar refractivity (Wildman–Crippen MR) is 99.0 cm³/mol. The van der Waals surface area contributed by atoms with Gasteiger partial charge in [0.2, 0.25) is 5.91 Å². The van der Waals surface area contributed by atoms with Gasteiger partial charge in [-0.3, -0.25) is 4.79 Å². The molecule has 1 amide bonds. The Bertz CT molecular complexity index is 561. The molecule has 2 fully saturated rings. The fourth-order valence-electron chi connectivity index (χ4n) is 3.91. The number of carbonyl (C=O) groups excluding carboxylic acids is 1. The molecule has 2 atom stereocenters. The predicted octanol–water partition coefficient (Wildman–Crippen LogP) is 2.68. The summed E-state index contributed by atoms with van der Waals surface area (Å²) in [6, 6.07) is 8.52. The van der Waals surface area contributed by atoms with E-state index in [0.717, 1.165) is 31.0 Å². The third kappa shape index (κ3) is 4.73. The maximum Gasteiger partial charge on any atom is 0.227 e. The zero-order valence-corrected chi connectivity index (χ0v) is 15.2. The van der Waals surface area contributed by atoms with Gasteiger partial charge in [0.05, 0.1) is 6.61 Å². The molecule has 1 aromatic carbocycles. The number of hydrogen-bond acceptors (Lipinski definition) is 4. The van der Waals surface area contributed by atoms with E-state index in [2.05, 4.69) is 11.8 Å². The second-order valence-corrected chi connectivity index (χ2v) is 7.31. The van der Waals surface area contributed by atoms with Gasteiger partial charge in [-0.1, -0.05) is 0 Å². The van der Waals surface area contributed by atoms with E-state index < -0.39 is 0 Å². The summed E-state index contributed by atoms with van der Waals surface area (Å²) in [5.41, 5.74) is 0.920. The van der Waals surface area contributed by atoms with E-state index in [4.69, 9.17) is 9.84 Å². The summed E-state index contributed by atoms with van der Waals surface area (Å²) in [5.74, 6) is 1.27. The number of anilines is 1. The molecule has 0 spiro atoms. The SMILES string of the molecule is CC1CCCN1CCCOc1ccc(N2CC(CCO)CC2=O)cc1. The van der Waals surface area contributed by atoms with Crippen molar-refractivity contribution < 1.29 is 14.6 Å². The van der Waals surface area contributed by atoms with Crippen LogP contribution in [0.5, 0.6) is 5.75 Å². The minimum Gasteiger partial charge on any atom is -0.494 e. The fourth-order valence-corrected chi connectivity index (χ4v) is 3.91. The second-order valence-electron chi connectivity index (χ2n) is 7.31. The number of hydrogen-bond donors (Lipinski definition) is 1. The first-order valence-electron chi connectivity index (χ1n) is 9.55. The minimum absolute atomic E-state index is 0.145. The summed E-state index contributed by atoms with van der Waals surface area (Å²) in [7, 11) is 0. The summed E-state index contributed by atoms with van der Waals surface area (Å²) < 4.78 is 5.84. The summed E-state index contributed by atoms with van der Waals surface area (Å²) in [4.78, 5) is 16.5. The molecule has 1 N–H and O–H groups in total. The number of ether oxygens (including phenoxy) is 1. The van der Waals surface area contributed by atoms with Gasteiger partial charge in [0, 0.05) is 37.8 Å².